The SMILES string of the molecule is CN1CCCCC1CNc1cc(Br)ccc1C(=O)O. The number of anilines is 1. The first-order valence-corrected chi connectivity index (χ1v) is 7.34. The van der Waals surface area contributed by atoms with Crippen LogP contribution in [0, 0.1) is 0 Å². The number of hydrogen-bond acceptors (Lipinski definition) is 3. The summed E-state index contributed by atoms with van der Waals surface area (Å²) in [5.41, 5.74) is 1.00. The minimum atomic E-state index is -0.896. The highest BCUT2D eigenvalue weighted by molar-refractivity contribution is 9.10. The average Bonchev–Trinajstić information content (AvgIpc) is 2.37. The molecule has 1 aromatic rings. The standard InChI is InChI=1S/C14H19BrN2O2/c1-17-7-3-2-4-11(17)9-16-13-8-10(15)5-6-12(13)14(18)19/h5-6,8,11,16H,2-4,7,9H2,1H3,(H,18,19). The van der Waals surface area contributed by atoms with Gasteiger partial charge in [-0.2, -0.15) is 0 Å². The van der Waals surface area contributed by atoms with Gasteiger partial charge < -0.3 is 15.3 Å². The van der Waals surface area contributed by atoms with Gasteiger partial charge in [0.1, 0.15) is 0 Å². The maximum Gasteiger partial charge on any atom is 0.337 e. The van der Waals surface area contributed by atoms with Gasteiger partial charge in [-0.15, -0.1) is 0 Å². The topological polar surface area (TPSA) is 52.6 Å². The van der Waals surface area contributed by atoms with Crippen molar-refractivity contribution in [1.29, 1.82) is 0 Å². The molecule has 1 atom stereocenters. The van der Waals surface area contributed by atoms with Gasteiger partial charge in [-0.3, -0.25) is 0 Å². The van der Waals surface area contributed by atoms with Crippen LogP contribution in [-0.2, 0) is 0 Å². The molecule has 0 radical (unpaired) electrons. The van der Waals surface area contributed by atoms with Crippen molar-refractivity contribution in [1.82, 2.24) is 4.90 Å². The van der Waals surface area contributed by atoms with Crippen LogP contribution in [0.2, 0.25) is 0 Å². The number of likely N-dealkylation sites (tertiary alicyclic amines) is 1. The van der Waals surface area contributed by atoms with Crippen LogP contribution in [0.5, 0.6) is 0 Å². The Balaban J connectivity index is 2.05. The molecule has 0 aliphatic carbocycles. The van der Waals surface area contributed by atoms with E-state index in [0.717, 1.165) is 17.6 Å². The summed E-state index contributed by atoms with van der Waals surface area (Å²) in [5, 5.41) is 12.5. The van der Waals surface area contributed by atoms with Gasteiger partial charge in [0.15, 0.2) is 0 Å². The second kappa shape index (κ2) is 6.39. The first-order chi connectivity index (χ1) is 9.08. The summed E-state index contributed by atoms with van der Waals surface area (Å²) < 4.78 is 0.886. The van der Waals surface area contributed by atoms with Crippen LogP contribution in [0.15, 0.2) is 22.7 Å². The third-order valence-electron chi connectivity index (χ3n) is 3.66. The molecule has 1 heterocycles. The second-order valence-corrected chi connectivity index (χ2v) is 5.92. The molecule has 1 aliphatic rings. The maximum atomic E-state index is 11.2. The summed E-state index contributed by atoms with van der Waals surface area (Å²) in [4.78, 5) is 13.5. The number of carboxylic acids is 1. The summed E-state index contributed by atoms with van der Waals surface area (Å²) in [7, 11) is 2.13. The monoisotopic (exact) mass is 326 g/mol. The zero-order valence-electron chi connectivity index (χ0n) is 11.0. The van der Waals surface area contributed by atoms with Crippen molar-refractivity contribution in [3.8, 4) is 0 Å². The number of rotatable bonds is 4. The van der Waals surface area contributed by atoms with Crippen molar-refractivity contribution < 1.29 is 9.90 Å². The van der Waals surface area contributed by atoms with E-state index in [1.807, 2.05) is 6.07 Å². The molecule has 4 nitrogen and oxygen atoms in total. The van der Waals surface area contributed by atoms with Crippen LogP contribution in [0.4, 0.5) is 5.69 Å². The molecular weight excluding hydrogens is 308 g/mol. The van der Waals surface area contributed by atoms with E-state index in [4.69, 9.17) is 0 Å². The van der Waals surface area contributed by atoms with Crippen LogP contribution in [0.25, 0.3) is 0 Å². The van der Waals surface area contributed by atoms with Crippen LogP contribution in [0.3, 0.4) is 0 Å². The number of benzene rings is 1. The number of carbonyl (C=O) groups is 1. The highest BCUT2D eigenvalue weighted by Crippen LogP contribution is 2.23. The number of halogens is 1. The Labute approximate surface area is 121 Å². The molecule has 0 spiro atoms. The van der Waals surface area contributed by atoms with E-state index in [-0.39, 0.29) is 0 Å². The van der Waals surface area contributed by atoms with Gasteiger partial charge in [-0.25, -0.2) is 4.79 Å². The normalized spacial score (nSPS) is 20.2. The molecule has 0 saturated carbocycles. The lowest BCUT2D eigenvalue weighted by molar-refractivity contribution is 0.0698. The lowest BCUT2D eigenvalue weighted by Gasteiger charge is -2.32. The Kier molecular flexibility index (Phi) is 4.82. The van der Waals surface area contributed by atoms with Gasteiger partial charge in [-0.05, 0) is 44.6 Å². The molecule has 1 fully saturated rings. The number of nitrogens with zero attached hydrogens (tertiary/aromatic N) is 1. The van der Waals surface area contributed by atoms with Gasteiger partial charge in [0, 0.05) is 22.7 Å². The molecule has 0 amide bonds. The molecule has 1 aromatic carbocycles. The number of carboxylic acid groups (broad SMARTS) is 1. The average molecular weight is 327 g/mol. The Bertz CT molecular complexity index is 465. The van der Waals surface area contributed by atoms with E-state index < -0.39 is 5.97 Å². The van der Waals surface area contributed by atoms with E-state index >= 15 is 0 Å². The zero-order chi connectivity index (χ0) is 13.8. The number of nitrogens with one attached hydrogen (secondary N) is 1. The molecule has 1 unspecified atom stereocenters. The molecule has 104 valence electrons. The number of piperidine rings is 1. The Morgan fingerprint density at radius 2 is 2.32 bits per heavy atom. The highest BCUT2D eigenvalue weighted by Gasteiger charge is 2.19. The smallest absolute Gasteiger partial charge is 0.337 e. The van der Waals surface area contributed by atoms with Gasteiger partial charge in [-0.1, -0.05) is 22.4 Å². The molecule has 1 aliphatic heterocycles. The lowest BCUT2D eigenvalue weighted by Crippen LogP contribution is -2.40. The molecule has 0 bridgehead atoms. The van der Waals surface area contributed by atoms with Crippen LogP contribution in [0.1, 0.15) is 29.6 Å². The zero-order valence-corrected chi connectivity index (χ0v) is 12.6. The van der Waals surface area contributed by atoms with E-state index in [9.17, 15) is 9.90 Å². The van der Waals surface area contributed by atoms with Crippen molar-refractivity contribution in [3.05, 3.63) is 28.2 Å². The van der Waals surface area contributed by atoms with E-state index in [1.165, 1.54) is 19.3 Å². The Morgan fingerprint density at radius 1 is 1.53 bits per heavy atom. The van der Waals surface area contributed by atoms with Gasteiger partial charge in [0.05, 0.1) is 5.56 Å². The van der Waals surface area contributed by atoms with Crippen molar-refractivity contribution in [3.63, 3.8) is 0 Å². The Hall–Kier alpha value is -1.07. The summed E-state index contributed by atoms with van der Waals surface area (Å²) in [6.45, 7) is 1.91. The van der Waals surface area contributed by atoms with Crippen molar-refractivity contribution in [2.45, 2.75) is 25.3 Å². The first-order valence-electron chi connectivity index (χ1n) is 6.55. The fourth-order valence-electron chi connectivity index (χ4n) is 2.48. The van der Waals surface area contributed by atoms with Crippen molar-refractivity contribution in [2.24, 2.45) is 0 Å². The lowest BCUT2D eigenvalue weighted by atomic mass is 10.0. The molecule has 2 rings (SSSR count). The Morgan fingerprint density at radius 3 is 3.00 bits per heavy atom. The van der Waals surface area contributed by atoms with Crippen molar-refractivity contribution in [2.75, 3.05) is 25.5 Å². The molecule has 2 N–H and O–H groups in total. The van der Waals surface area contributed by atoms with E-state index in [0.29, 0.717) is 17.3 Å². The quantitative estimate of drug-likeness (QED) is 0.892. The third kappa shape index (κ3) is 3.70. The minimum Gasteiger partial charge on any atom is -0.478 e. The van der Waals surface area contributed by atoms with Crippen molar-refractivity contribution >= 4 is 27.6 Å². The number of aromatic carboxylic acids is 1. The first kappa shape index (κ1) is 14.3. The van der Waals surface area contributed by atoms with Gasteiger partial charge in [0.25, 0.3) is 0 Å². The van der Waals surface area contributed by atoms with E-state index in [1.54, 1.807) is 12.1 Å². The minimum absolute atomic E-state index is 0.321. The number of likely N-dealkylation sites (N-methyl/N-ethyl adjacent to an activating group) is 1. The maximum absolute atomic E-state index is 11.2. The van der Waals surface area contributed by atoms with E-state index in [2.05, 4.69) is 33.2 Å². The van der Waals surface area contributed by atoms with Crippen LogP contribution in [-0.4, -0.2) is 42.2 Å². The molecule has 19 heavy (non-hydrogen) atoms. The second-order valence-electron chi connectivity index (χ2n) is 5.01. The molecule has 0 aromatic heterocycles. The predicted octanol–water partition coefficient (Wildman–Crippen LogP) is 3.04. The molecule has 1 saturated heterocycles. The van der Waals surface area contributed by atoms with Gasteiger partial charge in [0.2, 0.25) is 0 Å². The molecule has 5 heteroatoms. The van der Waals surface area contributed by atoms with Gasteiger partial charge >= 0.3 is 5.97 Å². The van der Waals surface area contributed by atoms with Crippen LogP contribution >= 0.6 is 15.9 Å². The van der Waals surface area contributed by atoms with Crippen LogP contribution < -0.4 is 5.32 Å². The predicted molar refractivity (Wildman–Crippen MR) is 79.9 cm³/mol. The fraction of sp³-hybridized carbons (Fsp3) is 0.500. The highest BCUT2D eigenvalue weighted by atomic mass is 79.9. The third-order valence-corrected chi connectivity index (χ3v) is 4.15. The molecular formula is C14H19BrN2O2. The summed E-state index contributed by atoms with van der Waals surface area (Å²) in [6, 6.07) is 5.68. The summed E-state index contributed by atoms with van der Waals surface area (Å²) >= 11 is 3.38. The summed E-state index contributed by atoms with van der Waals surface area (Å²) in [5.74, 6) is -0.896. The number of hydrogen-bond donors (Lipinski definition) is 2. The fourth-order valence-corrected chi connectivity index (χ4v) is 2.84. The summed E-state index contributed by atoms with van der Waals surface area (Å²) in [6.07, 6.45) is 3.67. The largest absolute Gasteiger partial charge is 0.478 e.